The highest BCUT2D eigenvalue weighted by atomic mass is 31.2. The molecule has 6 nitrogen and oxygen atoms in total. The summed E-state index contributed by atoms with van der Waals surface area (Å²) in [4.78, 5) is 19.5. The van der Waals surface area contributed by atoms with Crippen molar-refractivity contribution in [2.45, 2.75) is 32.9 Å². The second kappa shape index (κ2) is 4.72. The Morgan fingerprint density at radius 2 is 2.00 bits per heavy atom. The predicted molar refractivity (Wildman–Crippen MR) is 47.8 cm³/mol. The molecule has 0 aromatic heterocycles. The van der Waals surface area contributed by atoms with E-state index >= 15 is 0 Å². The van der Waals surface area contributed by atoms with Gasteiger partial charge in [0, 0.05) is 6.04 Å². The monoisotopic (exact) mass is 210 g/mol. The summed E-state index contributed by atoms with van der Waals surface area (Å²) in [6.07, 6.45) is 0. The lowest BCUT2D eigenvalue weighted by atomic mass is 10.3. The summed E-state index contributed by atoms with van der Waals surface area (Å²) in [5, 5.41) is 2.80. The zero-order valence-corrected chi connectivity index (χ0v) is 8.75. The number of carbonyl (C=O) groups excluding carboxylic acids is 1. The zero-order valence-electron chi connectivity index (χ0n) is 7.85. The maximum absolute atomic E-state index is 11.0. The van der Waals surface area contributed by atoms with E-state index in [1.165, 1.54) is 6.92 Å². The van der Waals surface area contributed by atoms with E-state index < -0.39 is 19.8 Å². The van der Waals surface area contributed by atoms with E-state index in [1.54, 1.807) is 0 Å². The molecule has 4 N–H and O–H groups in total. The van der Waals surface area contributed by atoms with Crippen LogP contribution in [0.3, 0.4) is 0 Å². The molecule has 0 spiro atoms. The number of nitrogens with two attached hydrogens (primary N) is 1. The van der Waals surface area contributed by atoms with Crippen molar-refractivity contribution in [1.29, 1.82) is 0 Å². The van der Waals surface area contributed by atoms with Crippen LogP contribution in [0, 0.1) is 0 Å². The van der Waals surface area contributed by atoms with Gasteiger partial charge in [0.05, 0.1) is 0 Å². The molecular formula is C6H15N2O4P. The maximum Gasteiger partial charge on any atom is 0.455 e. The highest BCUT2D eigenvalue weighted by molar-refractivity contribution is 7.50. The Hall–Kier alpha value is -0.420. The van der Waals surface area contributed by atoms with Gasteiger partial charge >= 0.3 is 13.7 Å². The van der Waals surface area contributed by atoms with Crippen molar-refractivity contribution in [3.63, 3.8) is 0 Å². The molecule has 0 aliphatic carbocycles. The van der Waals surface area contributed by atoms with Gasteiger partial charge in [-0.2, -0.15) is 0 Å². The quantitative estimate of drug-likeness (QED) is 0.563. The summed E-state index contributed by atoms with van der Waals surface area (Å²) in [7, 11) is -4.21. The number of hydrogen-bond acceptors (Lipinski definition) is 4. The van der Waals surface area contributed by atoms with Gasteiger partial charge in [-0.05, 0) is 6.92 Å². The average Bonchev–Trinajstić information content (AvgIpc) is 1.81. The minimum absolute atomic E-state index is 0.0819. The van der Waals surface area contributed by atoms with Gasteiger partial charge in [-0.15, -0.1) is 0 Å². The van der Waals surface area contributed by atoms with E-state index in [-0.39, 0.29) is 6.04 Å². The molecule has 0 aromatic rings. The fourth-order valence-corrected chi connectivity index (χ4v) is 1.19. The van der Waals surface area contributed by atoms with Gasteiger partial charge in [0.15, 0.2) is 0 Å². The minimum Gasteiger partial charge on any atom is -0.379 e. The van der Waals surface area contributed by atoms with E-state index in [4.69, 9.17) is 4.89 Å². The summed E-state index contributed by atoms with van der Waals surface area (Å²) >= 11 is 0. The van der Waals surface area contributed by atoms with Crippen LogP contribution in [-0.2, 0) is 13.9 Å². The average molecular weight is 210 g/mol. The Kier molecular flexibility index (Phi) is 4.56. The highest BCUT2D eigenvalue weighted by Gasteiger charge is 2.23. The summed E-state index contributed by atoms with van der Waals surface area (Å²) in [5.41, 5.74) is 4.65. The van der Waals surface area contributed by atoms with Crippen LogP contribution in [0.5, 0.6) is 0 Å². The van der Waals surface area contributed by atoms with Crippen molar-refractivity contribution in [2.24, 2.45) is 5.50 Å². The number of rotatable bonds is 4. The lowest BCUT2D eigenvalue weighted by molar-refractivity contribution is -0.136. The molecule has 0 bridgehead atoms. The van der Waals surface area contributed by atoms with Crippen LogP contribution in [0.1, 0.15) is 20.8 Å². The van der Waals surface area contributed by atoms with Crippen molar-refractivity contribution >= 4 is 13.7 Å². The van der Waals surface area contributed by atoms with Gasteiger partial charge in [0.2, 0.25) is 0 Å². The first-order chi connectivity index (χ1) is 5.72. The first kappa shape index (κ1) is 12.6. The smallest absolute Gasteiger partial charge is 0.379 e. The summed E-state index contributed by atoms with van der Waals surface area (Å²) < 4.78 is 14.6. The van der Waals surface area contributed by atoms with Gasteiger partial charge in [0.1, 0.15) is 6.04 Å². The molecule has 0 heterocycles. The Morgan fingerprint density at radius 1 is 1.54 bits per heavy atom. The Labute approximate surface area is 77.0 Å². The lowest BCUT2D eigenvalue weighted by Gasteiger charge is -2.16. The van der Waals surface area contributed by atoms with Crippen molar-refractivity contribution in [3.8, 4) is 0 Å². The van der Waals surface area contributed by atoms with Gasteiger partial charge in [-0.25, -0.2) is 10.1 Å². The molecule has 0 saturated heterocycles. The number of carbonyl (C=O) groups is 1. The van der Waals surface area contributed by atoms with Crippen LogP contribution in [-0.4, -0.2) is 22.9 Å². The molecule has 0 aliphatic heterocycles. The molecule has 0 radical (unpaired) electrons. The first-order valence-electron chi connectivity index (χ1n) is 3.83. The molecular weight excluding hydrogens is 195 g/mol. The van der Waals surface area contributed by atoms with E-state index in [0.717, 1.165) is 0 Å². The van der Waals surface area contributed by atoms with Crippen LogP contribution < -0.4 is 10.8 Å². The van der Waals surface area contributed by atoms with Gasteiger partial charge < -0.3 is 14.7 Å². The lowest BCUT2D eigenvalue weighted by Crippen LogP contribution is -2.39. The third kappa shape index (κ3) is 6.72. The third-order valence-electron chi connectivity index (χ3n) is 1.16. The van der Waals surface area contributed by atoms with Crippen molar-refractivity contribution in [3.05, 3.63) is 0 Å². The summed E-state index contributed by atoms with van der Waals surface area (Å²) in [5.74, 6) is -0.831. The van der Waals surface area contributed by atoms with Gasteiger partial charge in [0.25, 0.3) is 0 Å². The van der Waals surface area contributed by atoms with Crippen molar-refractivity contribution < 1.29 is 18.8 Å². The fraction of sp³-hybridized carbons (Fsp3) is 0.833. The molecule has 0 saturated carbocycles. The van der Waals surface area contributed by atoms with Crippen LogP contribution in [0.4, 0.5) is 0 Å². The Balaban J connectivity index is 4.05. The standard InChI is InChI=1S/C6H15N2O4P/c1-4(2)8-5(3)6(9)12-13(7,10)11/h4-5,8H,1-3H3,(H3,7,10,11)/t5-/m0/s1. The third-order valence-corrected chi connectivity index (χ3v) is 1.60. The maximum atomic E-state index is 11.0. The number of nitrogens with one attached hydrogen (secondary N) is 1. The molecule has 7 heteroatoms. The van der Waals surface area contributed by atoms with E-state index in [0.29, 0.717) is 0 Å². The molecule has 0 rings (SSSR count). The molecule has 0 aliphatic rings. The molecule has 2 atom stereocenters. The van der Waals surface area contributed by atoms with Crippen LogP contribution in [0.2, 0.25) is 0 Å². The Morgan fingerprint density at radius 3 is 2.31 bits per heavy atom. The normalized spacial score (nSPS) is 18.0. The molecule has 0 amide bonds. The highest BCUT2D eigenvalue weighted by Crippen LogP contribution is 2.31. The zero-order chi connectivity index (χ0) is 10.6. The van der Waals surface area contributed by atoms with Crippen molar-refractivity contribution in [1.82, 2.24) is 5.32 Å². The van der Waals surface area contributed by atoms with Crippen molar-refractivity contribution in [2.75, 3.05) is 0 Å². The summed E-state index contributed by atoms with van der Waals surface area (Å²) in [6, 6.07) is -0.567. The van der Waals surface area contributed by atoms with Gasteiger partial charge in [-0.3, -0.25) is 4.79 Å². The molecule has 13 heavy (non-hydrogen) atoms. The number of hydrogen-bond donors (Lipinski definition) is 3. The molecule has 0 fully saturated rings. The minimum atomic E-state index is -4.21. The first-order valence-corrected chi connectivity index (χ1v) is 5.48. The molecule has 78 valence electrons. The predicted octanol–water partition coefficient (Wildman–Crippen LogP) is -0.0248. The largest absolute Gasteiger partial charge is 0.455 e. The molecule has 1 unspecified atom stereocenters. The fourth-order valence-electron chi connectivity index (χ4n) is 0.776. The Bertz CT molecular complexity index is 225. The van der Waals surface area contributed by atoms with Gasteiger partial charge in [-0.1, -0.05) is 13.8 Å². The van der Waals surface area contributed by atoms with E-state index in [1.807, 2.05) is 13.8 Å². The van der Waals surface area contributed by atoms with Crippen LogP contribution in [0.25, 0.3) is 0 Å². The molecule has 0 aromatic carbocycles. The van der Waals surface area contributed by atoms with Crippen LogP contribution >= 0.6 is 7.75 Å². The topological polar surface area (TPSA) is 102 Å². The van der Waals surface area contributed by atoms with Crippen LogP contribution in [0.15, 0.2) is 0 Å². The van der Waals surface area contributed by atoms with E-state index in [9.17, 15) is 9.36 Å². The second-order valence-electron chi connectivity index (χ2n) is 3.02. The SMILES string of the molecule is CC(C)N[C@@H](C)C(=O)OP(N)(=O)O. The summed E-state index contributed by atoms with van der Waals surface area (Å²) in [6.45, 7) is 5.20. The van der Waals surface area contributed by atoms with E-state index in [2.05, 4.69) is 15.3 Å². The second-order valence-corrected chi connectivity index (χ2v) is 4.33.